The predicted octanol–water partition coefficient (Wildman–Crippen LogP) is 4.33. The van der Waals surface area contributed by atoms with Crippen molar-refractivity contribution in [2.75, 3.05) is 20.8 Å². The molecule has 0 bridgehead atoms. The van der Waals surface area contributed by atoms with E-state index in [0.29, 0.717) is 10.9 Å². The molecule has 0 fully saturated rings. The van der Waals surface area contributed by atoms with Crippen LogP contribution in [0.5, 0.6) is 0 Å². The van der Waals surface area contributed by atoms with E-state index in [1.165, 1.54) is 14.2 Å². The fourth-order valence-electron chi connectivity index (χ4n) is 4.32. The van der Waals surface area contributed by atoms with Gasteiger partial charge in [-0.3, -0.25) is 4.57 Å². The van der Waals surface area contributed by atoms with Crippen LogP contribution in [0.25, 0.3) is 11.1 Å². The topological polar surface area (TPSA) is 111 Å². The Labute approximate surface area is 203 Å². The molecule has 0 saturated carbocycles. The quantitative estimate of drug-likeness (QED) is 0.425. The molecule has 9 heteroatoms. The molecule has 0 aromatic heterocycles. The zero-order valence-corrected chi connectivity index (χ0v) is 20.2. The van der Waals surface area contributed by atoms with E-state index in [1.54, 1.807) is 24.3 Å². The van der Waals surface area contributed by atoms with Gasteiger partial charge in [-0.15, -0.1) is 0 Å². The highest BCUT2D eigenvalue weighted by atomic mass is 31.2. The van der Waals surface area contributed by atoms with Crippen LogP contribution in [0.1, 0.15) is 22.6 Å². The molecule has 1 amide bonds. The zero-order valence-electron chi connectivity index (χ0n) is 19.3. The van der Waals surface area contributed by atoms with Crippen molar-refractivity contribution in [3.05, 3.63) is 89.5 Å². The van der Waals surface area contributed by atoms with Crippen molar-refractivity contribution in [2.24, 2.45) is 0 Å². The summed E-state index contributed by atoms with van der Waals surface area (Å²) >= 11 is 0. The SMILES string of the molecule is COP(=O)(OC)c1ccc(C[C@H](NC(=O)OCC2c3ccccc3-c3ccccc32)C(=O)O)cc1. The maximum atomic E-state index is 12.5. The van der Waals surface area contributed by atoms with Gasteiger partial charge >= 0.3 is 19.7 Å². The number of hydrogen-bond donors (Lipinski definition) is 2. The van der Waals surface area contributed by atoms with Gasteiger partial charge < -0.3 is 24.2 Å². The molecule has 0 spiro atoms. The third-order valence-corrected chi connectivity index (χ3v) is 8.00. The van der Waals surface area contributed by atoms with Crippen LogP contribution in [0, 0.1) is 0 Å². The van der Waals surface area contributed by atoms with Crippen molar-refractivity contribution in [3.63, 3.8) is 0 Å². The lowest BCUT2D eigenvalue weighted by Crippen LogP contribution is -2.43. The van der Waals surface area contributed by atoms with Gasteiger partial charge in [0.1, 0.15) is 12.6 Å². The van der Waals surface area contributed by atoms with Crippen molar-refractivity contribution in [3.8, 4) is 11.1 Å². The molecule has 0 unspecified atom stereocenters. The number of carboxylic acids is 1. The van der Waals surface area contributed by atoms with Gasteiger partial charge in [-0.25, -0.2) is 9.59 Å². The number of carbonyl (C=O) groups is 2. The van der Waals surface area contributed by atoms with Crippen molar-refractivity contribution in [2.45, 2.75) is 18.4 Å². The van der Waals surface area contributed by atoms with Gasteiger partial charge in [-0.05, 0) is 39.9 Å². The highest BCUT2D eigenvalue weighted by Crippen LogP contribution is 2.45. The molecule has 4 rings (SSSR count). The van der Waals surface area contributed by atoms with Crippen LogP contribution in [-0.2, 0) is 29.6 Å². The Hall–Kier alpha value is -3.45. The first kappa shape index (κ1) is 24.7. The summed E-state index contributed by atoms with van der Waals surface area (Å²) < 4.78 is 27.9. The molecule has 3 aromatic rings. The lowest BCUT2D eigenvalue weighted by atomic mass is 9.98. The van der Waals surface area contributed by atoms with E-state index < -0.39 is 25.7 Å². The summed E-state index contributed by atoms with van der Waals surface area (Å²) in [6.45, 7) is 0.0875. The first-order valence-corrected chi connectivity index (χ1v) is 12.6. The van der Waals surface area contributed by atoms with E-state index in [9.17, 15) is 19.3 Å². The molecule has 35 heavy (non-hydrogen) atoms. The van der Waals surface area contributed by atoms with Crippen LogP contribution >= 0.6 is 7.60 Å². The minimum atomic E-state index is -3.40. The van der Waals surface area contributed by atoms with Crippen molar-refractivity contribution >= 4 is 25.0 Å². The number of carboxylic acid groups (broad SMARTS) is 1. The number of hydrogen-bond acceptors (Lipinski definition) is 6. The average Bonchev–Trinajstić information content (AvgIpc) is 3.20. The summed E-state index contributed by atoms with van der Waals surface area (Å²) in [5.41, 5.74) is 4.98. The summed E-state index contributed by atoms with van der Waals surface area (Å²) in [5, 5.41) is 12.4. The summed E-state index contributed by atoms with van der Waals surface area (Å²) in [6, 6.07) is 21.1. The molecule has 8 nitrogen and oxygen atoms in total. The molecular formula is C26H26NO7P. The highest BCUT2D eigenvalue weighted by molar-refractivity contribution is 7.62. The Morgan fingerprint density at radius 3 is 1.97 bits per heavy atom. The number of benzene rings is 3. The summed E-state index contributed by atoms with van der Waals surface area (Å²) in [6.07, 6.45) is -0.788. The first-order valence-electron chi connectivity index (χ1n) is 11.0. The number of carbonyl (C=O) groups excluding carboxylic acids is 1. The maximum Gasteiger partial charge on any atom is 0.407 e. The van der Waals surface area contributed by atoms with E-state index in [1.807, 2.05) is 48.5 Å². The Bertz CT molecular complexity index is 1220. The number of aliphatic carboxylic acids is 1. The largest absolute Gasteiger partial charge is 0.480 e. The maximum absolute atomic E-state index is 12.5. The van der Waals surface area contributed by atoms with Crippen LogP contribution in [0.15, 0.2) is 72.8 Å². The number of fused-ring (bicyclic) bond motifs is 3. The second-order valence-corrected chi connectivity index (χ2v) is 10.3. The number of rotatable bonds is 9. The van der Waals surface area contributed by atoms with Crippen LogP contribution in [0.2, 0.25) is 0 Å². The zero-order chi connectivity index (χ0) is 25.0. The molecule has 1 aliphatic carbocycles. The van der Waals surface area contributed by atoms with Gasteiger partial charge in [0.25, 0.3) is 0 Å². The molecule has 0 saturated heterocycles. The van der Waals surface area contributed by atoms with Crippen LogP contribution in [0.3, 0.4) is 0 Å². The molecule has 0 heterocycles. The molecular weight excluding hydrogens is 469 g/mol. The third-order valence-electron chi connectivity index (χ3n) is 6.11. The van der Waals surface area contributed by atoms with Gasteiger partial charge in [0.05, 0.1) is 5.30 Å². The number of alkyl carbamates (subject to hydrolysis) is 1. The molecule has 1 aliphatic rings. The third kappa shape index (κ3) is 5.15. The number of amides is 1. The number of nitrogens with one attached hydrogen (secondary N) is 1. The molecule has 0 aliphatic heterocycles. The van der Waals surface area contributed by atoms with Gasteiger partial charge in [-0.2, -0.15) is 0 Å². The Balaban J connectivity index is 1.40. The summed E-state index contributed by atoms with van der Waals surface area (Å²) in [7, 11) is -0.824. The standard InChI is InChI=1S/C26H26NO7P/c1-32-35(31,33-2)18-13-11-17(12-14-18)15-24(25(28)29)27-26(30)34-16-23-21-9-5-3-7-19(21)20-8-4-6-10-22(20)23/h3-14,23-24H,15-16H2,1-2H3,(H,27,30)(H,28,29)/t24-/m0/s1. The van der Waals surface area contributed by atoms with Crippen LogP contribution < -0.4 is 10.6 Å². The van der Waals surface area contributed by atoms with Crippen LogP contribution in [0.4, 0.5) is 4.79 Å². The molecule has 2 N–H and O–H groups in total. The highest BCUT2D eigenvalue weighted by Gasteiger charge is 2.30. The Morgan fingerprint density at radius 2 is 1.46 bits per heavy atom. The van der Waals surface area contributed by atoms with Gasteiger partial charge in [0, 0.05) is 26.6 Å². The molecule has 1 atom stereocenters. The molecule has 3 aromatic carbocycles. The lowest BCUT2D eigenvalue weighted by molar-refractivity contribution is -0.139. The van der Waals surface area contributed by atoms with Gasteiger partial charge in [0.15, 0.2) is 0 Å². The fraction of sp³-hybridized carbons (Fsp3) is 0.231. The second-order valence-electron chi connectivity index (χ2n) is 8.09. The predicted molar refractivity (Wildman–Crippen MR) is 131 cm³/mol. The fourth-order valence-corrected chi connectivity index (χ4v) is 5.40. The van der Waals surface area contributed by atoms with E-state index in [0.717, 1.165) is 22.3 Å². The van der Waals surface area contributed by atoms with E-state index in [4.69, 9.17) is 13.8 Å². The first-order chi connectivity index (χ1) is 16.9. The minimum Gasteiger partial charge on any atom is -0.480 e. The lowest BCUT2D eigenvalue weighted by Gasteiger charge is -2.18. The van der Waals surface area contributed by atoms with Gasteiger partial charge in [0.2, 0.25) is 0 Å². The van der Waals surface area contributed by atoms with Crippen molar-refractivity contribution in [1.82, 2.24) is 5.32 Å². The average molecular weight is 495 g/mol. The van der Waals surface area contributed by atoms with E-state index in [2.05, 4.69) is 5.32 Å². The monoisotopic (exact) mass is 495 g/mol. The summed E-state index contributed by atoms with van der Waals surface area (Å²) in [5.74, 6) is -1.32. The van der Waals surface area contributed by atoms with Crippen molar-refractivity contribution < 1.29 is 33.0 Å². The Kier molecular flexibility index (Phi) is 7.36. The minimum absolute atomic E-state index is 0.0179. The summed E-state index contributed by atoms with van der Waals surface area (Å²) in [4.78, 5) is 24.3. The smallest absolute Gasteiger partial charge is 0.407 e. The van der Waals surface area contributed by atoms with Crippen LogP contribution in [-0.4, -0.2) is 44.0 Å². The second kappa shape index (κ2) is 10.4. The van der Waals surface area contributed by atoms with Gasteiger partial charge in [-0.1, -0.05) is 60.7 Å². The Morgan fingerprint density at radius 1 is 0.914 bits per heavy atom. The van der Waals surface area contributed by atoms with E-state index >= 15 is 0 Å². The van der Waals surface area contributed by atoms with Crippen molar-refractivity contribution in [1.29, 1.82) is 0 Å². The van der Waals surface area contributed by atoms with E-state index in [-0.39, 0.29) is 18.9 Å². The normalized spacial score (nSPS) is 13.5. The molecule has 0 radical (unpaired) electrons. The number of ether oxygens (including phenoxy) is 1. The molecule has 182 valence electrons.